The molecular weight excluding hydrogens is 260 g/mol. The summed E-state index contributed by atoms with van der Waals surface area (Å²) in [4.78, 5) is 19.1. The van der Waals surface area contributed by atoms with Crippen molar-refractivity contribution in [1.29, 1.82) is 0 Å². The molecule has 0 saturated heterocycles. The summed E-state index contributed by atoms with van der Waals surface area (Å²) in [6.07, 6.45) is 3.69. The highest BCUT2D eigenvalue weighted by molar-refractivity contribution is 9.10. The Morgan fingerprint density at radius 1 is 1.47 bits per heavy atom. The van der Waals surface area contributed by atoms with Gasteiger partial charge in [0.05, 0.1) is 4.47 Å². The molecule has 0 fully saturated rings. The van der Waals surface area contributed by atoms with Gasteiger partial charge in [-0.1, -0.05) is 13.8 Å². The zero-order valence-electron chi connectivity index (χ0n) is 8.64. The Morgan fingerprint density at radius 3 is 2.40 bits per heavy atom. The van der Waals surface area contributed by atoms with Crippen LogP contribution in [0.2, 0.25) is 0 Å². The molecule has 15 heavy (non-hydrogen) atoms. The van der Waals surface area contributed by atoms with Gasteiger partial charge in [-0.05, 0) is 28.3 Å². The van der Waals surface area contributed by atoms with Crippen molar-refractivity contribution in [3.8, 4) is 0 Å². The highest BCUT2D eigenvalue weighted by Crippen LogP contribution is 2.21. The molecule has 1 aromatic rings. The molecule has 0 amide bonds. The number of carboxylic acid groups (broad SMARTS) is 1. The monoisotopic (exact) mass is 272 g/mol. The van der Waals surface area contributed by atoms with E-state index >= 15 is 0 Å². The van der Waals surface area contributed by atoms with E-state index in [1.807, 2.05) is 13.8 Å². The molecule has 0 saturated carbocycles. The summed E-state index contributed by atoms with van der Waals surface area (Å²) in [5.74, 6) is -0.804. The van der Waals surface area contributed by atoms with Crippen molar-refractivity contribution in [1.82, 2.24) is 9.97 Å². The van der Waals surface area contributed by atoms with Gasteiger partial charge >= 0.3 is 5.97 Å². The van der Waals surface area contributed by atoms with Crippen LogP contribution in [-0.2, 0) is 4.79 Å². The number of carboxylic acids is 1. The highest BCUT2D eigenvalue weighted by Gasteiger charge is 2.23. The Bertz CT molecular complexity index is 338. The maximum atomic E-state index is 11.0. The second-order valence-corrected chi connectivity index (χ2v) is 4.70. The Balaban J connectivity index is 2.89. The Kier molecular flexibility index (Phi) is 4.20. The van der Waals surface area contributed by atoms with E-state index in [9.17, 15) is 4.79 Å². The first-order valence-electron chi connectivity index (χ1n) is 4.71. The summed E-state index contributed by atoms with van der Waals surface area (Å²) in [5.41, 5.74) is 0. The summed E-state index contributed by atoms with van der Waals surface area (Å²) >= 11 is 3.21. The molecule has 1 rings (SSSR count). The second kappa shape index (κ2) is 5.21. The van der Waals surface area contributed by atoms with Gasteiger partial charge in [0.25, 0.3) is 0 Å². The quantitative estimate of drug-likeness (QED) is 0.915. The number of halogens is 1. The number of rotatable bonds is 4. The van der Waals surface area contributed by atoms with Crippen LogP contribution in [0, 0.1) is 5.92 Å². The van der Waals surface area contributed by atoms with Gasteiger partial charge < -0.3 is 5.11 Å². The lowest BCUT2D eigenvalue weighted by Gasteiger charge is -2.12. The van der Waals surface area contributed by atoms with Gasteiger partial charge in [-0.25, -0.2) is 9.97 Å². The number of hydrogen-bond donors (Lipinski definition) is 1. The highest BCUT2D eigenvalue weighted by atomic mass is 79.9. The Hall–Kier alpha value is -0.970. The van der Waals surface area contributed by atoms with Crippen molar-refractivity contribution < 1.29 is 9.90 Å². The topological polar surface area (TPSA) is 63.1 Å². The molecule has 0 spiro atoms. The SMILES string of the molecule is CC(C)CC(C(=O)O)c1ncc(Br)cn1. The molecule has 0 radical (unpaired) electrons. The molecule has 82 valence electrons. The fraction of sp³-hybridized carbons (Fsp3) is 0.500. The molecule has 1 N–H and O–H groups in total. The van der Waals surface area contributed by atoms with E-state index in [-0.39, 0.29) is 0 Å². The molecule has 5 heteroatoms. The predicted molar refractivity (Wildman–Crippen MR) is 59.6 cm³/mol. The van der Waals surface area contributed by atoms with Crippen LogP contribution in [0.1, 0.15) is 32.0 Å². The number of aromatic nitrogens is 2. The van der Waals surface area contributed by atoms with E-state index in [4.69, 9.17) is 5.11 Å². The van der Waals surface area contributed by atoms with E-state index < -0.39 is 11.9 Å². The smallest absolute Gasteiger partial charge is 0.314 e. The lowest BCUT2D eigenvalue weighted by atomic mass is 9.96. The van der Waals surface area contributed by atoms with E-state index in [1.54, 1.807) is 12.4 Å². The summed E-state index contributed by atoms with van der Waals surface area (Å²) in [6.45, 7) is 3.96. The van der Waals surface area contributed by atoms with E-state index in [0.29, 0.717) is 18.2 Å². The van der Waals surface area contributed by atoms with Crippen molar-refractivity contribution >= 4 is 21.9 Å². The molecule has 1 heterocycles. The fourth-order valence-corrected chi connectivity index (χ4v) is 1.50. The number of carbonyl (C=O) groups is 1. The fourth-order valence-electron chi connectivity index (χ4n) is 1.29. The lowest BCUT2D eigenvalue weighted by Crippen LogP contribution is -2.16. The van der Waals surface area contributed by atoms with Crippen molar-refractivity contribution in [2.24, 2.45) is 5.92 Å². The molecule has 0 aliphatic heterocycles. The van der Waals surface area contributed by atoms with Gasteiger partial charge in [0, 0.05) is 12.4 Å². The van der Waals surface area contributed by atoms with Crippen LogP contribution in [0.15, 0.2) is 16.9 Å². The normalized spacial score (nSPS) is 12.8. The molecule has 0 bridgehead atoms. The van der Waals surface area contributed by atoms with Crippen molar-refractivity contribution in [3.05, 3.63) is 22.7 Å². The minimum Gasteiger partial charge on any atom is -0.481 e. The average Bonchev–Trinajstić information content (AvgIpc) is 2.15. The molecule has 1 aromatic heterocycles. The number of aliphatic carboxylic acids is 1. The predicted octanol–water partition coefficient (Wildman–Crippen LogP) is 2.45. The lowest BCUT2D eigenvalue weighted by molar-refractivity contribution is -0.139. The van der Waals surface area contributed by atoms with E-state index in [1.165, 1.54) is 0 Å². The minimum atomic E-state index is -0.869. The van der Waals surface area contributed by atoms with Crippen LogP contribution in [0.25, 0.3) is 0 Å². The van der Waals surface area contributed by atoms with Gasteiger partial charge in [-0.2, -0.15) is 0 Å². The van der Waals surface area contributed by atoms with E-state index in [0.717, 1.165) is 4.47 Å². The third kappa shape index (κ3) is 3.58. The van der Waals surface area contributed by atoms with Crippen molar-refractivity contribution in [3.63, 3.8) is 0 Å². The van der Waals surface area contributed by atoms with Crippen LogP contribution >= 0.6 is 15.9 Å². The first-order valence-corrected chi connectivity index (χ1v) is 5.50. The van der Waals surface area contributed by atoms with Gasteiger partial charge in [0.15, 0.2) is 0 Å². The largest absolute Gasteiger partial charge is 0.481 e. The van der Waals surface area contributed by atoms with Crippen LogP contribution in [0.4, 0.5) is 0 Å². The first-order chi connectivity index (χ1) is 7.00. The van der Waals surface area contributed by atoms with Gasteiger partial charge in [0.1, 0.15) is 11.7 Å². The standard InChI is InChI=1S/C10H13BrN2O2/c1-6(2)3-8(10(14)15)9-12-4-7(11)5-13-9/h4-6,8H,3H2,1-2H3,(H,14,15). The Morgan fingerprint density at radius 2 is 2.00 bits per heavy atom. The summed E-state index contributed by atoms with van der Waals surface area (Å²) < 4.78 is 0.750. The van der Waals surface area contributed by atoms with Crippen LogP contribution in [-0.4, -0.2) is 21.0 Å². The average molecular weight is 273 g/mol. The molecule has 0 aromatic carbocycles. The zero-order chi connectivity index (χ0) is 11.4. The van der Waals surface area contributed by atoms with Gasteiger partial charge in [-0.15, -0.1) is 0 Å². The van der Waals surface area contributed by atoms with Gasteiger partial charge in [0.2, 0.25) is 0 Å². The maximum absolute atomic E-state index is 11.0. The third-order valence-corrected chi connectivity index (χ3v) is 2.37. The van der Waals surface area contributed by atoms with Crippen molar-refractivity contribution in [2.75, 3.05) is 0 Å². The number of nitrogens with zero attached hydrogens (tertiary/aromatic N) is 2. The molecule has 0 aliphatic carbocycles. The first kappa shape index (κ1) is 12.1. The van der Waals surface area contributed by atoms with Crippen molar-refractivity contribution in [2.45, 2.75) is 26.2 Å². The molecule has 1 unspecified atom stereocenters. The van der Waals surface area contributed by atoms with Gasteiger partial charge in [-0.3, -0.25) is 4.79 Å². The molecule has 0 aliphatic rings. The Labute approximate surface area is 96.9 Å². The minimum absolute atomic E-state index is 0.304. The molecule has 4 nitrogen and oxygen atoms in total. The van der Waals surface area contributed by atoms with E-state index in [2.05, 4.69) is 25.9 Å². The summed E-state index contributed by atoms with van der Waals surface area (Å²) in [5, 5.41) is 9.05. The molecule has 1 atom stereocenters. The van der Waals surface area contributed by atoms with Crippen LogP contribution < -0.4 is 0 Å². The molecular formula is C10H13BrN2O2. The second-order valence-electron chi connectivity index (χ2n) is 3.78. The zero-order valence-corrected chi connectivity index (χ0v) is 10.2. The van der Waals surface area contributed by atoms with Crippen LogP contribution in [0.3, 0.4) is 0 Å². The maximum Gasteiger partial charge on any atom is 0.314 e. The summed E-state index contributed by atoms with van der Waals surface area (Å²) in [6, 6.07) is 0. The summed E-state index contributed by atoms with van der Waals surface area (Å²) in [7, 11) is 0. The number of hydrogen-bond acceptors (Lipinski definition) is 3. The van der Waals surface area contributed by atoms with Crippen LogP contribution in [0.5, 0.6) is 0 Å². The third-order valence-electron chi connectivity index (χ3n) is 1.96.